The van der Waals surface area contributed by atoms with Crippen LogP contribution in [0.1, 0.15) is 18.9 Å². The molecule has 1 atom stereocenters. The quantitative estimate of drug-likeness (QED) is 0.273. The van der Waals surface area contributed by atoms with Gasteiger partial charge in [0.1, 0.15) is 17.7 Å². The number of nitrogens with one attached hydrogen (secondary N) is 2. The van der Waals surface area contributed by atoms with Gasteiger partial charge in [0.2, 0.25) is 10.0 Å². The van der Waals surface area contributed by atoms with Crippen molar-refractivity contribution in [2.75, 3.05) is 13.6 Å². The molecule has 1 unspecified atom stereocenters. The van der Waals surface area contributed by atoms with Gasteiger partial charge in [-0.2, -0.15) is 0 Å². The van der Waals surface area contributed by atoms with Gasteiger partial charge in [-0.1, -0.05) is 25.1 Å². The monoisotopic (exact) mass is 536 g/mol. The Kier molecular flexibility index (Phi) is 10.3. The van der Waals surface area contributed by atoms with Crippen molar-refractivity contribution >= 4 is 40.0 Å². The molecule has 2 rings (SSSR count). The van der Waals surface area contributed by atoms with Crippen LogP contribution in [0, 0.1) is 5.82 Å². The van der Waals surface area contributed by atoms with E-state index in [4.69, 9.17) is 9.88 Å². The van der Waals surface area contributed by atoms with Crippen LogP contribution in [0.15, 0.2) is 58.4 Å². The lowest BCUT2D eigenvalue weighted by atomic mass is 10.2. The Bertz CT molecular complexity index is 925. The summed E-state index contributed by atoms with van der Waals surface area (Å²) in [5.41, 5.74) is 0.748. The van der Waals surface area contributed by atoms with Gasteiger partial charge >= 0.3 is 0 Å². The summed E-state index contributed by atoms with van der Waals surface area (Å²) in [6, 6.07) is 12.4. The highest BCUT2D eigenvalue weighted by Crippen LogP contribution is 2.14. The topological polar surface area (TPSA) is 106 Å². The number of hydrogen-bond acceptors (Lipinski definition) is 4. The Morgan fingerprint density at radius 3 is 2.55 bits per heavy atom. The second kappa shape index (κ2) is 11.9. The molecule has 0 bridgehead atoms. The van der Waals surface area contributed by atoms with Gasteiger partial charge in [0.05, 0.1) is 11.4 Å². The van der Waals surface area contributed by atoms with Crippen LogP contribution in [0.4, 0.5) is 4.39 Å². The molecule has 4 N–H and O–H groups in total. The van der Waals surface area contributed by atoms with Gasteiger partial charge in [-0.25, -0.2) is 17.9 Å². The van der Waals surface area contributed by atoms with Crippen LogP contribution < -0.4 is 20.5 Å². The number of nitrogens with zero attached hydrogens (tertiary/aromatic N) is 1. The van der Waals surface area contributed by atoms with E-state index in [-0.39, 0.29) is 40.8 Å². The zero-order valence-corrected chi connectivity index (χ0v) is 19.4. The Morgan fingerprint density at radius 1 is 1.21 bits per heavy atom. The molecule has 0 radical (unpaired) electrons. The molecule has 0 aliphatic heterocycles. The molecular formula is C19H26FIN4O3S. The Balaban J connectivity index is 0.00000420. The Labute approximate surface area is 188 Å². The van der Waals surface area contributed by atoms with Crippen LogP contribution in [0.25, 0.3) is 0 Å². The molecule has 0 aromatic heterocycles. The summed E-state index contributed by atoms with van der Waals surface area (Å²) in [5.74, 6) is 0.651. The minimum atomic E-state index is -3.74. The zero-order valence-electron chi connectivity index (χ0n) is 16.3. The lowest BCUT2D eigenvalue weighted by molar-refractivity contribution is 0.198. The predicted octanol–water partition coefficient (Wildman–Crippen LogP) is 2.61. The van der Waals surface area contributed by atoms with Crippen LogP contribution >= 0.6 is 24.0 Å². The highest BCUT2D eigenvalue weighted by atomic mass is 127. The van der Waals surface area contributed by atoms with Gasteiger partial charge in [0.25, 0.3) is 0 Å². The molecule has 2 aromatic carbocycles. The molecule has 2 aromatic rings. The van der Waals surface area contributed by atoms with E-state index >= 15 is 0 Å². The largest absolute Gasteiger partial charge is 0.489 e. The maximum Gasteiger partial charge on any atom is 0.238 e. The third-order valence-corrected chi connectivity index (χ3v) is 4.87. The van der Waals surface area contributed by atoms with Crippen LogP contribution in [0.5, 0.6) is 5.75 Å². The molecule has 0 saturated carbocycles. The minimum absolute atomic E-state index is 0. The van der Waals surface area contributed by atoms with Gasteiger partial charge in [0.15, 0.2) is 5.96 Å². The molecule has 160 valence electrons. The van der Waals surface area contributed by atoms with Crippen molar-refractivity contribution in [1.29, 1.82) is 0 Å². The van der Waals surface area contributed by atoms with E-state index in [2.05, 4.69) is 15.6 Å². The molecule has 0 heterocycles. The van der Waals surface area contributed by atoms with Crippen molar-refractivity contribution in [2.24, 2.45) is 10.1 Å². The summed E-state index contributed by atoms with van der Waals surface area (Å²) in [6.45, 7) is 2.80. The number of sulfonamides is 1. The van der Waals surface area contributed by atoms with Crippen molar-refractivity contribution in [2.45, 2.75) is 30.9 Å². The Hall–Kier alpha value is -1.92. The van der Waals surface area contributed by atoms with Gasteiger partial charge in [0, 0.05) is 19.7 Å². The zero-order chi connectivity index (χ0) is 20.6. The summed E-state index contributed by atoms with van der Waals surface area (Å²) in [5, 5.41) is 11.4. The number of benzene rings is 2. The van der Waals surface area contributed by atoms with E-state index in [0.29, 0.717) is 24.8 Å². The molecule has 0 spiro atoms. The second-order valence-corrected chi connectivity index (χ2v) is 7.67. The average molecular weight is 536 g/mol. The second-order valence-electron chi connectivity index (χ2n) is 6.10. The molecule has 0 amide bonds. The number of primary sulfonamides is 1. The SMILES string of the molecule is CCC(CNC(=NC)NCc1cccc(S(N)(=O)=O)c1)Oc1cccc(F)c1.I. The molecular weight excluding hydrogens is 510 g/mol. The number of aliphatic imine (C=N–C) groups is 1. The van der Waals surface area contributed by atoms with Crippen LogP contribution in [0.3, 0.4) is 0 Å². The highest BCUT2D eigenvalue weighted by Gasteiger charge is 2.11. The van der Waals surface area contributed by atoms with Gasteiger partial charge in [-0.05, 0) is 36.2 Å². The fraction of sp³-hybridized carbons (Fsp3) is 0.316. The van der Waals surface area contributed by atoms with E-state index < -0.39 is 10.0 Å². The van der Waals surface area contributed by atoms with E-state index in [1.54, 1.807) is 31.3 Å². The summed E-state index contributed by atoms with van der Waals surface area (Å²) in [7, 11) is -2.11. The van der Waals surface area contributed by atoms with Gasteiger partial charge in [-0.15, -0.1) is 24.0 Å². The standard InChI is InChI=1S/C19H25FN4O3S.HI/c1-3-16(27-17-8-5-7-15(20)11-17)13-24-19(22-2)23-12-14-6-4-9-18(10-14)28(21,25)26;/h4-11,16H,3,12-13H2,1-2H3,(H2,21,25,26)(H2,22,23,24);1H. The smallest absolute Gasteiger partial charge is 0.238 e. The van der Waals surface area contributed by atoms with Crippen LogP contribution in [-0.4, -0.2) is 34.1 Å². The maximum atomic E-state index is 13.3. The molecule has 0 aliphatic rings. The van der Waals surface area contributed by atoms with E-state index in [9.17, 15) is 12.8 Å². The van der Waals surface area contributed by atoms with Crippen molar-refractivity contribution in [3.05, 3.63) is 59.9 Å². The number of guanidine groups is 1. The van der Waals surface area contributed by atoms with Gasteiger partial charge in [-0.3, -0.25) is 4.99 Å². The van der Waals surface area contributed by atoms with Gasteiger partial charge < -0.3 is 15.4 Å². The fourth-order valence-electron chi connectivity index (χ4n) is 2.45. The normalized spacial score (nSPS) is 12.6. The molecule has 0 fully saturated rings. The summed E-state index contributed by atoms with van der Waals surface area (Å²) in [4.78, 5) is 4.20. The van der Waals surface area contributed by atoms with Crippen molar-refractivity contribution in [1.82, 2.24) is 10.6 Å². The fourth-order valence-corrected chi connectivity index (χ4v) is 3.04. The minimum Gasteiger partial charge on any atom is -0.489 e. The lowest BCUT2D eigenvalue weighted by Crippen LogP contribution is -2.42. The third-order valence-electron chi connectivity index (χ3n) is 3.96. The molecule has 7 nitrogen and oxygen atoms in total. The summed E-state index contributed by atoms with van der Waals surface area (Å²) in [6.07, 6.45) is 0.544. The lowest BCUT2D eigenvalue weighted by Gasteiger charge is -2.20. The first-order chi connectivity index (χ1) is 13.3. The Morgan fingerprint density at radius 2 is 1.93 bits per heavy atom. The number of halogens is 2. The average Bonchev–Trinajstić information content (AvgIpc) is 2.66. The number of nitrogens with two attached hydrogens (primary N) is 1. The number of ether oxygens (including phenoxy) is 1. The first-order valence-electron chi connectivity index (χ1n) is 8.80. The van der Waals surface area contributed by atoms with Crippen molar-refractivity contribution in [3.63, 3.8) is 0 Å². The molecule has 29 heavy (non-hydrogen) atoms. The molecule has 10 heteroatoms. The van der Waals surface area contributed by atoms with Crippen molar-refractivity contribution < 1.29 is 17.5 Å². The van der Waals surface area contributed by atoms with Crippen LogP contribution in [0.2, 0.25) is 0 Å². The van der Waals surface area contributed by atoms with E-state index in [1.165, 1.54) is 24.3 Å². The summed E-state index contributed by atoms with van der Waals surface area (Å²) >= 11 is 0. The highest BCUT2D eigenvalue weighted by molar-refractivity contribution is 14.0. The van der Waals surface area contributed by atoms with Crippen LogP contribution in [-0.2, 0) is 16.6 Å². The predicted molar refractivity (Wildman–Crippen MR) is 123 cm³/mol. The third kappa shape index (κ3) is 8.54. The van der Waals surface area contributed by atoms with E-state index in [1.807, 2.05) is 6.92 Å². The maximum absolute atomic E-state index is 13.3. The molecule has 0 aliphatic carbocycles. The summed E-state index contributed by atoms with van der Waals surface area (Å²) < 4.78 is 42.0. The first kappa shape index (κ1) is 25.1. The number of rotatable bonds is 8. The van der Waals surface area contributed by atoms with E-state index in [0.717, 1.165) is 12.0 Å². The number of hydrogen-bond donors (Lipinski definition) is 3. The first-order valence-corrected chi connectivity index (χ1v) is 10.3. The van der Waals surface area contributed by atoms with Crippen molar-refractivity contribution in [3.8, 4) is 5.75 Å². The molecule has 0 saturated heterocycles.